The summed E-state index contributed by atoms with van der Waals surface area (Å²) in [5.74, 6) is 0.524. The lowest BCUT2D eigenvalue weighted by Crippen LogP contribution is -2.50. The van der Waals surface area contributed by atoms with Crippen molar-refractivity contribution in [3.05, 3.63) is 24.3 Å². The molecular weight excluding hydrogens is 268 g/mol. The molecule has 0 unspecified atom stereocenters. The fourth-order valence-corrected chi connectivity index (χ4v) is 3.02. The number of likely N-dealkylation sites (tertiary alicyclic amines) is 1. The molecule has 1 aromatic carbocycles. The summed E-state index contributed by atoms with van der Waals surface area (Å²) in [7, 11) is 0. The Morgan fingerprint density at radius 3 is 2.95 bits per heavy atom. The Hall–Kier alpha value is -2.04. The van der Waals surface area contributed by atoms with Gasteiger partial charge in [0.25, 0.3) is 5.91 Å². The van der Waals surface area contributed by atoms with Gasteiger partial charge in [0.15, 0.2) is 6.61 Å². The lowest BCUT2D eigenvalue weighted by Gasteiger charge is -2.36. The summed E-state index contributed by atoms with van der Waals surface area (Å²) >= 11 is 0. The van der Waals surface area contributed by atoms with Crippen molar-refractivity contribution in [3.8, 4) is 5.75 Å². The molecule has 2 aliphatic heterocycles. The molecule has 0 bridgehead atoms. The van der Waals surface area contributed by atoms with Gasteiger partial charge in [-0.3, -0.25) is 14.5 Å². The van der Waals surface area contributed by atoms with Crippen LogP contribution in [-0.4, -0.2) is 42.5 Å². The summed E-state index contributed by atoms with van der Waals surface area (Å²) < 4.78 is 5.40. The Kier molecular flexibility index (Phi) is 3.82. The van der Waals surface area contributed by atoms with Crippen LogP contribution in [0, 0.1) is 0 Å². The molecule has 2 amide bonds. The highest BCUT2D eigenvalue weighted by atomic mass is 16.5. The van der Waals surface area contributed by atoms with Crippen molar-refractivity contribution in [2.45, 2.75) is 32.2 Å². The van der Waals surface area contributed by atoms with Gasteiger partial charge in [0.2, 0.25) is 5.91 Å². The highest BCUT2D eigenvalue weighted by molar-refractivity contribution is 6.02. The van der Waals surface area contributed by atoms with Crippen LogP contribution in [0.4, 0.5) is 5.69 Å². The first kappa shape index (κ1) is 13.9. The van der Waals surface area contributed by atoms with Gasteiger partial charge in [-0.1, -0.05) is 12.1 Å². The van der Waals surface area contributed by atoms with Gasteiger partial charge in [0.1, 0.15) is 12.3 Å². The van der Waals surface area contributed by atoms with E-state index in [-0.39, 0.29) is 31.0 Å². The van der Waals surface area contributed by atoms with Gasteiger partial charge >= 0.3 is 0 Å². The van der Waals surface area contributed by atoms with Crippen LogP contribution in [0.15, 0.2) is 24.3 Å². The van der Waals surface area contributed by atoms with Crippen LogP contribution >= 0.6 is 0 Å². The Morgan fingerprint density at radius 1 is 1.33 bits per heavy atom. The highest BCUT2D eigenvalue weighted by Crippen LogP contribution is 2.31. The van der Waals surface area contributed by atoms with E-state index < -0.39 is 0 Å². The Balaban J connectivity index is 1.77. The summed E-state index contributed by atoms with van der Waals surface area (Å²) in [4.78, 5) is 28.1. The van der Waals surface area contributed by atoms with Crippen molar-refractivity contribution < 1.29 is 14.3 Å². The molecule has 5 heteroatoms. The molecule has 1 atom stereocenters. The zero-order valence-corrected chi connectivity index (χ0v) is 12.2. The summed E-state index contributed by atoms with van der Waals surface area (Å²) in [5, 5.41) is 0. The number of benzene rings is 1. The second-order valence-corrected chi connectivity index (χ2v) is 5.67. The van der Waals surface area contributed by atoms with Crippen molar-refractivity contribution in [1.29, 1.82) is 0 Å². The molecule has 5 nitrogen and oxygen atoms in total. The number of nitrogens with zero attached hydrogens (tertiary/aromatic N) is 2. The zero-order chi connectivity index (χ0) is 14.8. The van der Waals surface area contributed by atoms with Crippen LogP contribution < -0.4 is 9.64 Å². The van der Waals surface area contributed by atoms with Gasteiger partial charge in [-0.05, 0) is 38.3 Å². The molecule has 2 heterocycles. The maximum atomic E-state index is 12.5. The first-order chi connectivity index (χ1) is 10.2. The number of piperidine rings is 1. The molecule has 2 aliphatic rings. The second-order valence-electron chi connectivity index (χ2n) is 5.67. The normalized spacial score (nSPS) is 21.8. The van der Waals surface area contributed by atoms with Gasteiger partial charge in [0, 0.05) is 12.6 Å². The largest absolute Gasteiger partial charge is 0.482 e. The Bertz CT molecular complexity index is 558. The third kappa shape index (κ3) is 2.73. The number of fused-ring (bicyclic) bond motifs is 1. The zero-order valence-electron chi connectivity index (χ0n) is 12.2. The number of anilines is 1. The predicted octanol–water partition coefficient (Wildman–Crippen LogP) is 1.81. The molecule has 21 heavy (non-hydrogen) atoms. The van der Waals surface area contributed by atoms with Crippen LogP contribution in [0.25, 0.3) is 0 Å². The molecule has 1 fully saturated rings. The van der Waals surface area contributed by atoms with E-state index in [1.54, 1.807) is 4.90 Å². The Labute approximate surface area is 124 Å². The van der Waals surface area contributed by atoms with Crippen molar-refractivity contribution in [1.82, 2.24) is 4.90 Å². The van der Waals surface area contributed by atoms with Gasteiger partial charge in [-0.15, -0.1) is 0 Å². The summed E-state index contributed by atoms with van der Waals surface area (Å²) in [6.45, 7) is 2.97. The Morgan fingerprint density at radius 2 is 2.14 bits per heavy atom. The van der Waals surface area contributed by atoms with Gasteiger partial charge in [0.05, 0.1) is 5.69 Å². The number of hydrogen-bond acceptors (Lipinski definition) is 3. The van der Waals surface area contributed by atoms with Crippen LogP contribution in [0.1, 0.15) is 26.2 Å². The van der Waals surface area contributed by atoms with E-state index in [2.05, 4.69) is 6.92 Å². The molecule has 0 radical (unpaired) electrons. The van der Waals surface area contributed by atoms with Crippen molar-refractivity contribution in [3.63, 3.8) is 0 Å². The number of rotatable bonds is 2. The first-order valence-corrected chi connectivity index (χ1v) is 7.48. The SMILES string of the molecule is C[C@@H]1CCCCN1C(=O)CN1C(=O)COc2ccccc21. The number of para-hydroxylation sites is 2. The number of amides is 2. The van der Waals surface area contributed by atoms with E-state index in [4.69, 9.17) is 4.74 Å². The number of carbonyl (C=O) groups excluding carboxylic acids is 2. The monoisotopic (exact) mass is 288 g/mol. The maximum absolute atomic E-state index is 12.5. The molecule has 3 rings (SSSR count). The van der Waals surface area contributed by atoms with E-state index in [9.17, 15) is 9.59 Å². The molecule has 0 spiro atoms. The lowest BCUT2D eigenvalue weighted by molar-refractivity contribution is -0.134. The molecular formula is C16H20N2O3. The fourth-order valence-electron chi connectivity index (χ4n) is 3.02. The predicted molar refractivity (Wildman–Crippen MR) is 79.3 cm³/mol. The topological polar surface area (TPSA) is 49.9 Å². The molecule has 1 aromatic rings. The van der Waals surface area contributed by atoms with Crippen LogP contribution in [0.2, 0.25) is 0 Å². The van der Waals surface area contributed by atoms with Gasteiger partial charge < -0.3 is 9.64 Å². The molecule has 112 valence electrons. The molecule has 1 saturated heterocycles. The molecule has 0 aromatic heterocycles. The lowest BCUT2D eigenvalue weighted by atomic mass is 10.0. The smallest absolute Gasteiger partial charge is 0.265 e. The van der Waals surface area contributed by atoms with Crippen LogP contribution in [-0.2, 0) is 9.59 Å². The van der Waals surface area contributed by atoms with Crippen molar-refractivity contribution in [2.75, 3.05) is 24.6 Å². The van der Waals surface area contributed by atoms with E-state index in [1.165, 1.54) is 6.42 Å². The van der Waals surface area contributed by atoms with Gasteiger partial charge in [-0.2, -0.15) is 0 Å². The minimum absolute atomic E-state index is 0.000152. The average molecular weight is 288 g/mol. The molecule has 0 aliphatic carbocycles. The van der Waals surface area contributed by atoms with Gasteiger partial charge in [-0.25, -0.2) is 0 Å². The minimum atomic E-state index is -0.160. The van der Waals surface area contributed by atoms with Crippen LogP contribution in [0.5, 0.6) is 5.75 Å². The third-order valence-corrected chi connectivity index (χ3v) is 4.22. The fraction of sp³-hybridized carbons (Fsp3) is 0.500. The number of hydrogen-bond donors (Lipinski definition) is 0. The average Bonchev–Trinajstić information content (AvgIpc) is 2.50. The second kappa shape index (κ2) is 5.76. The maximum Gasteiger partial charge on any atom is 0.265 e. The summed E-state index contributed by atoms with van der Waals surface area (Å²) in [6, 6.07) is 7.61. The van der Waals surface area contributed by atoms with E-state index in [1.807, 2.05) is 29.2 Å². The van der Waals surface area contributed by atoms with Crippen molar-refractivity contribution >= 4 is 17.5 Å². The highest BCUT2D eigenvalue weighted by Gasteiger charge is 2.30. The van der Waals surface area contributed by atoms with E-state index >= 15 is 0 Å². The quantitative estimate of drug-likeness (QED) is 0.834. The summed E-state index contributed by atoms with van der Waals surface area (Å²) in [6.07, 6.45) is 3.26. The third-order valence-electron chi connectivity index (χ3n) is 4.22. The molecule has 0 saturated carbocycles. The number of ether oxygens (including phenoxy) is 1. The van der Waals surface area contributed by atoms with E-state index in [0.717, 1.165) is 19.4 Å². The van der Waals surface area contributed by atoms with Crippen LogP contribution in [0.3, 0.4) is 0 Å². The standard InChI is InChI=1S/C16H20N2O3/c1-12-6-4-5-9-17(12)15(19)10-18-13-7-2-3-8-14(13)21-11-16(18)20/h2-3,7-8,12H,4-6,9-11H2,1H3/t12-/m1/s1. The number of carbonyl (C=O) groups is 2. The summed E-state index contributed by atoms with van der Waals surface area (Å²) in [5.41, 5.74) is 0.687. The van der Waals surface area contributed by atoms with E-state index in [0.29, 0.717) is 11.4 Å². The minimum Gasteiger partial charge on any atom is -0.482 e. The first-order valence-electron chi connectivity index (χ1n) is 7.48. The molecule has 0 N–H and O–H groups in total. The van der Waals surface area contributed by atoms with Crippen molar-refractivity contribution in [2.24, 2.45) is 0 Å².